The van der Waals surface area contributed by atoms with Gasteiger partial charge in [-0.1, -0.05) is 18.2 Å². The minimum absolute atomic E-state index is 0.202. The number of aryl methyl sites for hydroxylation is 1. The molecular weight excluding hydrogens is 297 g/mol. The molecule has 0 aliphatic heterocycles. The maximum Gasteiger partial charge on any atom is 0.255 e. The first-order chi connectivity index (χ1) is 8.58. The molecule has 1 N–H and O–H groups in total. The van der Waals surface area contributed by atoms with E-state index in [0.29, 0.717) is 15.7 Å². The lowest BCUT2D eigenvalue weighted by atomic mass is 10.1. The summed E-state index contributed by atoms with van der Waals surface area (Å²) in [6.45, 7) is 1.87. The monoisotopic (exact) mass is 307 g/mol. The van der Waals surface area contributed by atoms with Crippen molar-refractivity contribution in [2.75, 3.05) is 5.32 Å². The molecule has 0 fully saturated rings. The number of rotatable bonds is 2. The van der Waals surface area contributed by atoms with Gasteiger partial charge in [0, 0.05) is 11.3 Å². The lowest BCUT2D eigenvalue weighted by Crippen LogP contribution is -2.13. The van der Waals surface area contributed by atoms with Crippen LogP contribution in [0.1, 0.15) is 15.9 Å². The average Bonchev–Trinajstić information content (AvgIpc) is 2.34. The Kier molecular flexibility index (Phi) is 3.77. The van der Waals surface area contributed by atoms with Gasteiger partial charge in [-0.2, -0.15) is 0 Å². The Morgan fingerprint density at radius 3 is 2.61 bits per heavy atom. The van der Waals surface area contributed by atoms with Gasteiger partial charge < -0.3 is 5.32 Å². The van der Waals surface area contributed by atoms with Crippen molar-refractivity contribution in [1.82, 2.24) is 0 Å². The standard InChI is InChI=1S/C14H11BrFNO/c1-9-4-2-3-5-11(9)14(18)17-10-6-7-13(16)12(15)8-10/h2-8H,1H3,(H,17,18). The minimum Gasteiger partial charge on any atom is -0.322 e. The molecule has 0 aromatic heterocycles. The third-order valence-electron chi connectivity index (χ3n) is 2.57. The largest absolute Gasteiger partial charge is 0.322 e. The minimum atomic E-state index is -0.358. The second kappa shape index (κ2) is 5.31. The SMILES string of the molecule is Cc1ccccc1C(=O)Nc1ccc(F)c(Br)c1. The van der Waals surface area contributed by atoms with Crippen molar-refractivity contribution < 1.29 is 9.18 Å². The van der Waals surface area contributed by atoms with E-state index in [-0.39, 0.29) is 11.7 Å². The van der Waals surface area contributed by atoms with Crippen LogP contribution in [0.4, 0.5) is 10.1 Å². The number of anilines is 1. The van der Waals surface area contributed by atoms with Gasteiger partial charge in [0.2, 0.25) is 0 Å². The lowest BCUT2D eigenvalue weighted by Gasteiger charge is -2.08. The highest BCUT2D eigenvalue weighted by molar-refractivity contribution is 9.10. The Balaban J connectivity index is 2.22. The highest BCUT2D eigenvalue weighted by atomic mass is 79.9. The fraction of sp³-hybridized carbons (Fsp3) is 0.0714. The maximum absolute atomic E-state index is 13.1. The van der Waals surface area contributed by atoms with Gasteiger partial charge >= 0.3 is 0 Å². The Morgan fingerprint density at radius 1 is 1.22 bits per heavy atom. The van der Waals surface area contributed by atoms with Gasteiger partial charge in [0.05, 0.1) is 4.47 Å². The molecule has 0 bridgehead atoms. The van der Waals surface area contributed by atoms with Crippen molar-refractivity contribution in [3.8, 4) is 0 Å². The summed E-state index contributed by atoms with van der Waals surface area (Å²) in [5, 5.41) is 2.73. The molecule has 0 radical (unpaired) electrons. The maximum atomic E-state index is 13.1. The zero-order valence-corrected chi connectivity index (χ0v) is 11.3. The van der Waals surface area contributed by atoms with Crippen LogP contribution in [0.25, 0.3) is 0 Å². The van der Waals surface area contributed by atoms with Crippen LogP contribution in [-0.4, -0.2) is 5.91 Å². The summed E-state index contributed by atoms with van der Waals surface area (Å²) in [6.07, 6.45) is 0. The zero-order valence-electron chi connectivity index (χ0n) is 9.71. The van der Waals surface area contributed by atoms with E-state index in [2.05, 4.69) is 21.2 Å². The number of amides is 1. The zero-order chi connectivity index (χ0) is 13.1. The van der Waals surface area contributed by atoms with Crippen LogP contribution in [0.3, 0.4) is 0 Å². The third kappa shape index (κ3) is 2.76. The van der Waals surface area contributed by atoms with Crippen molar-refractivity contribution in [1.29, 1.82) is 0 Å². The average molecular weight is 308 g/mol. The van der Waals surface area contributed by atoms with Gasteiger partial charge in [0.25, 0.3) is 5.91 Å². The second-order valence-corrected chi connectivity index (χ2v) is 4.75. The van der Waals surface area contributed by atoms with E-state index >= 15 is 0 Å². The molecule has 0 saturated carbocycles. The summed E-state index contributed by atoms with van der Waals surface area (Å²) in [6, 6.07) is 11.7. The number of hydrogen-bond acceptors (Lipinski definition) is 1. The fourth-order valence-corrected chi connectivity index (χ4v) is 1.98. The van der Waals surface area contributed by atoms with E-state index < -0.39 is 0 Å². The van der Waals surface area contributed by atoms with E-state index in [0.717, 1.165) is 5.56 Å². The van der Waals surface area contributed by atoms with Crippen LogP contribution >= 0.6 is 15.9 Å². The van der Waals surface area contributed by atoms with Crippen LogP contribution in [0, 0.1) is 12.7 Å². The highest BCUT2D eigenvalue weighted by Gasteiger charge is 2.09. The molecule has 1 amide bonds. The molecule has 0 aliphatic carbocycles. The Hall–Kier alpha value is -1.68. The molecule has 0 aliphatic rings. The molecule has 2 nitrogen and oxygen atoms in total. The van der Waals surface area contributed by atoms with E-state index in [1.54, 1.807) is 6.07 Å². The molecule has 2 aromatic carbocycles. The molecule has 0 saturated heterocycles. The number of benzene rings is 2. The first-order valence-electron chi connectivity index (χ1n) is 5.40. The third-order valence-corrected chi connectivity index (χ3v) is 3.17. The molecule has 2 aromatic rings. The summed E-state index contributed by atoms with van der Waals surface area (Å²) >= 11 is 3.08. The Morgan fingerprint density at radius 2 is 1.94 bits per heavy atom. The number of halogens is 2. The van der Waals surface area contributed by atoms with Crippen LogP contribution in [0.5, 0.6) is 0 Å². The van der Waals surface area contributed by atoms with Crippen LogP contribution in [0.2, 0.25) is 0 Å². The first kappa shape index (κ1) is 12.8. The summed E-state index contributed by atoms with van der Waals surface area (Å²) in [7, 11) is 0. The summed E-state index contributed by atoms with van der Waals surface area (Å²) < 4.78 is 13.4. The lowest BCUT2D eigenvalue weighted by molar-refractivity contribution is 0.102. The Labute approximate surface area is 113 Å². The van der Waals surface area contributed by atoms with Crippen molar-refractivity contribution in [3.05, 3.63) is 63.9 Å². The second-order valence-electron chi connectivity index (χ2n) is 3.90. The Bertz CT molecular complexity index is 598. The molecule has 0 unspecified atom stereocenters. The number of carbonyl (C=O) groups excluding carboxylic acids is 1. The summed E-state index contributed by atoms with van der Waals surface area (Å²) in [5.74, 6) is -0.560. The van der Waals surface area contributed by atoms with Gasteiger partial charge in [-0.05, 0) is 52.7 Å². The van der Waals surface area contributed by atoms with E-state index in [1.165, 1.54) is 18.2 Å². The van der Waals surface area contributed by atoms with Crippen molar-refractivity contribution in [2.24, 2.45) is 0 Å². The van der Waals surface area contributed by atoms with Gasteiger partial charge in [0.1, 0.15) is 5.82 Å². The van der Waals surface area contributed by atoms with Gasteiger partial charge in [-0.25, -0.2) is 4.39 Å². The van der Waals surface area contributed by atoms with Crippen molar-refractivity contribution >= 4 is 27.5 Å². The highest BCUT2D eigenvalue weighted by Crippen LogP contribution is 2.20. The van der Waals surface area contributed by atoms with Crippen LogP contribution in [0.15, 0.2) is 46.9 Å². The van der Waals surface area contributed by atoms with Gasteiger partial charge in [-0.3, -0.25) is 4.79 Å². The molecule has 4 heteroatoms. The normalized spacial score (nSPS) is 10.2. The number of carbonyl (C=O) groups is 1. The van der Waals surface area contributed by atoms with Gasteiger partial charge in [0.15, 0.2) is 0 Å². The molecule has 2 rings (SSSR count). The van der Waals surface area contributed by atoms with Crippen molar-refractivity contribution in [2.45, 2.75) is 6.92 Å². The van der Waals surface area contributed by atoms with Gasteiger partial charge in [-0.15, -0.1) is 0 Å². The van der Waals surface area contributed by atoms with E-state index in [1.807, 2.05) is 25.1 Å². The van der Waals surface area contributed by atoms with E-state index in [9.17, 15) is 9.18 Å². The fourth-order valence-electron chi connectivity index (χ4n) is 1.60. The van der Waals surface area contributed by atoms with E-state index in [4.69, 9.17) is 0 Å². The molecule has 0 heterocycles. The first-order valence-corrected chi connectivity index (χ1v) is 6.19. The predicted molar refractivity (Wildman–Crippen MR) is 73.2 cm³/mol. The quantitative estimate of drug-likeness (QED) is 0.887. The smallest absolute Gasteiger partial charge is 0.255 e. The van der Waals surface area contributed by atoms with Crippen LogP contribution < -0.4 is 5.32 Å². The molecule has 92 valence electrons. The topological polar surface area (TPSA) is 29.1 Å². The molecule has 0 spiro atoms. The molecule has 18 heavy (non-hydrogen) atoms. The number of nitrogens with one attached hydrogen (secondary N) is 1. The van der Waals surface area contributed by atoms with Crippen LogP contribution in [-0.2, 0) is 0 Å². The summed E-state index contributed by atoms with van der Waals surface area (Å²) in [4.78, 5) is 12.0. The predicted octanol–water partition coefficient (Wildman–Crippen LogP) is 4.15. The van der Waals surface area contributed by atoms with Crippen molar-refractivity contribution in [3.63, 3.8) is 0 Å². The summed E-state index contributed by atoms with van der Waals surface area (Å²) in [5.41, 5.74) is 2.06. The molecule has 0 atom stereocenters. The molecular formula is C14H11BrFNO. The number of hydrogen-bond donors (Lipinski definition) is 1.